The van der Waals surface area contributed by atoms with Crippen molar-refractivity contribution in [3.05, 3.63) is 11.7 Å². The van der Waals surface area contributed by atoms with Crippen molar-refractivity contribution in [3.8, 4) is 0 Å². The third-order valence-electron chi connectivity index (χ3n) is 2.83. The van der Waals surface area contributed by atoms with Crippen molar-refractivity contribution in [3.63, 3.8) is 0 Å². The van der Waals surface area contributed by atoms with Gasteiger partial charge in [0.1, 0.15) is 0 Å². The molecule has 1 aliphatic rings. The van der Waals surface area contributed by atoms with Crippen LogP contribution < -0.4 is 5.73 Å². The van der Waals surface area contributed by atoms with Gasteiger partial charge in [0.2, 0.25) is 5.89 Å². The molecule has 0 aliphatic heterocycles. The summed E-state index contributed by atoms with van der Waals surface area (Å²) in [5.41, 5.74) is 5.78. The van der Waals surface area contributed by atoms with Crippen LogP contribution in [-0.4, -0.2) is 16.4 Å². The minimum absolute atomic E-state index is 0. The summed E-state index contributed by atoms with van der Waals surface area (Å²) in [4.78, 5) is 4.35. The molecule has 0 saturated heterocycles. The van der Waals surface area contributed by atoms with Crippen molar-refractivity contribution < 1.29 is 4.52 Å². The average molecular weight is 250 g/mol. The number of nitrogens with zero attached hydrogens (tertiary/aromatic N) is 2. The van der Waals surface area contributed by atoms with Crippen molar-refractivity contribution in [2.24, 2.45) is 5.73 Å². The molecule has 2 N–H and O–H groups in total. The minimum atomic E-state index is -0.306. The number of aromatic nitrogens is 2. The lowest BCUT2D eigenvalue weighted by molar-refractivity contribution is 0.229. The maximum absolute atomic E-state index is 6.09. The van der Waals surface area contributed by atoms with Gasteiger partial charge in [-0.2, -0.15) is 16.7 Å². The molecule has 86 valence electrons. The molecule has 1 aromatic rings. The number of nitrogens with two attached hydrogens (primary N) is 1. The molecular formula is C9H16ClN3OS. The first-order valence-electron chi connectivity index (χ1n) is 4.81. The van der Waals surface area contributed by atoms with E-state index in [9.17, 15) is 0 Å². The van der Waals surface area contributed by atoms with Crippen LogP contribution in [0.25, 0.3) is 0 Å². The summed E-state index contributed by atoms with van der Waals surface area (Å²) in [6, 6.07) is 0. The normalized spacial score (nSPS) is 20.2. The van der Waals surface area contributed by atoms with E-state index < -0.39 is 0 Å². The third-order valence-corrected chi connectivity index (χ3v) is 3.74. The average Bonchev–Trinajstić information content (AvgIpc) is 2.62. The van der Waals surface area contributed by atoms with Crippen LogP contribution >= 0.6 is 24.2 Å². The SMILES string of the molecule is CSC(C)c1nc(C2(N)CCC2)no1.Cl. The highest BCUT2D eigenvalue weighted by molar-refractivity contribution is 7.98. The molecule has 1 saturated carbocycles. The van der Waals surface area contributed by atoms with Crippen LogP contribution in [0.3, 0.4) is 0 Å². The zero-order chi connectivity index (χ0) is 10.2. The van der Waals surface area contributed by atoms with Gasteiger partial charge in [0.15, 0.2) is 5.82 Å². The zero-order valence-corrected chi connectivity index (χ0v) is 10.5. The summed E-state index contributed by atoms with van der Waals surface area (Å²) in [6.45, 7) is 2.05. The molecule has 0 amide bonds. The van der Waals surface area contributed by atoms with Crippen LogP contribution in [0, 0.1) is 0 Å². The number of rotatable bonds is 3. The predicted octanol–water partition coefficient (Wildman–Crippen LogP) is 2.25. The fourth-order valence-electron chi connectivity index (χ4n) is 1.48. The van der Waals surface area contributed by atoms with E-state index in [0.717, 1.165) is 12.8 Å². The molecule has 2 rings (SSSR count). The molecule has 0 aromatic carbocycles. The van der Waals surface area contributed by atoms with Crippen LogP contribution in [0.2, 0.25) is 0 Å². The van der Waals surface area contributed by atoms with Gasteiger partial charge in [0.25, 0.3) is 0 Å². The molecule has 4 nitrogen and oxygen atoms in total. The lowest BCUT2D eigenvalue weighted by Crippen LogP contribution is -2.44. The van der Waals surface area contributed by atoms with E-state index in [1.807, 2.05) is 13.2 Å². The Bertz CT molecular complexity index is 327. The van der Waals surface area contributed by atoms with Crippen LogP contribution in [0.1, 0.15) is 43.2 Å². The first-order valence-corrected chi connectivity index (χ1v) is 6.10. The van der Waals surface area contributed by atoms with Gasteiger partial charge in [-0.05, 0) is 32.4 Å². The van der Waals surface area contributed by atoms with Gasteiger partial charge in [-0.3, -0.25) is 0 Å². The molecule has 1 aliphatic carbocycles. The van der Waals surface area contributed by atoms with Crippen LogP contribution in [0.5, 0.6) is 0 Å². The maximum atomic E-state index is 6.09. The largest absolute Gasteiger partial charge is 0.338 e. The van der Waals surface area contributed by atoms with E-state index in [4.69, 9.17) is 10.3 Å². The number of halogens is 1. The van der Waals surface area contributed by atoms with Crippen molar-refractivity contribution in [1.29, 1.82) is 0 Å². The van der Waals surface area contributed by atoms with Crippen LogP contribution in [0.15, 0.2) is 4.52 Å². The lowest BCUT2D eigenvalue weighted by atomic mass is 9.77. The highest BCUT2D eigenvalue weighted by atomic mass is 35.5. The van der Waals surface area contributed by atoms with E-state index in [0.29, 0.717) is 11.7 Å². The molecule has 1 heterocycles. The second kappa shape index (κ2) is 4.72. The zero-order valence-electron chi connectivity index (χ0n) is 8.90. The topological polar surface area (TPSA) is 64.9 Å². The van der Waals surface area contributed by atoms with Crippen molar-refractivity contribution in [2.75, 3.05) is 6.26 Å². The van der Waals surface area contributed by atoms with Gasteiger partial charge in [-0.1, -0.05) is 5.16 Å². The molecule has 6 heteroatoms. The first-order chi connectivity index (χ1) is 6.65. The highest BCUT2D eigenvalue weighted by Gasteiger charge is 2.39. The van der Waals surface area contributed by atoms with Crippen molar-refractivity contribution in [1.82, 2.24) is 10.1 Å². The number of hydrogen-bond donors (Lipinski definition) is 1. The minimum Gasteiger partial charge on any atom is -0.338 e. The summed E-state index contributed by atoms with van der Waals surface area (Å²) in [5, 5.41) is 4.20. The summed E-state index contributed by atoms with van der Waals surface area (Å²) < 4.78 is 5.18. The summed E-state index contributed by atoms with van der Waals surface area (Å²) in [5.74, 6) is 1.36. The Morgan fingerprint density at radius 1 is 1.53 bits per heavy atom. The van der Waals surface area contributed by atoms with Crippen molar-refractivity contribution >= 4 is 24.2 Å². The molecule has 15 heavy (non-hydrogen) atoms. The fourth-order valence-corrected chi connectivity index (χ4v) is 1.78. The Balaban J connectivity index is 0.00000112. The molecule has 1 atom stereocenters. The molecule has 1 aromatic heterocycles. The molecule has 0 spiro atoms. The summed E-state index contributed by atoms with van der Waals surface area (Å²) in [7, 11) is 0. The maximum Gasteiger partial charge on any atom is 0.239 e. The van der Waals surface area contributed by atoms with E-state index in [-0.39, 0.29) is 23.2 Å². The van der Waals surface area contributed by atoms with Crippen LogP contribution in [0.4, 0.5) is 0 Å². The predicted molar refractivity (Wildman–Crippen MR) is 63.2 cm³/mol. The van der Waals surface area contributed by atoms with Crippen LogP contribution in [-0.2, 0) is 5.54 Å². The smallest absolute Gasteiger partial charge is 0.239 e. The number of hydrogen-bond acceptors (Lipinski definition) is 5. The highest BCUT2D eigenvalue weighted by Crippen LogP contribution is 2.37. The summed E-state index contributed by atoms with van der Waals surface area (Å²) in [6.07, 6.45) is 5.13. The Morgan fingerprint density at radius 3 is 2.67 bits per heavy atom. The third kappa shape index (κ3) is 2.29. The fraction of sp³-hybridized carbons (Fsp3) is 0.778. The quantitative estimate of drug-likeness (QED) is 0.890. The van der Waals surface area contributed by atoms with E-state index in [1.165, 1.54) is 6.42 Å². The Hall–Kier alpha value is -0.260. The van der Waals surface area contributed by atoms with Crippen molar-refractivity contribution in [2.45, 2.75) is 37.0 Å². The van der Waals surface area contributed by atoms with Gasteiger partial charge in [0, 0.05) is 0 Å². The first kappa shape index (κ1) is 12.8. The monoisotopic (exact) mass is 249 g/mol. The van der Waals surface area contributed by atoms with Gasteiger partial charge < -0.3 is 10.3 Å². The Labute approximate surface area is 99.8 Å². The number of thioether (sulfide) groups is 1. The molecule has 0 bridgehead atoms. The lowest BCUT2D eigenvalue weighted by Gasteiger charge is -2.34. The van der Waals surface area contributed by atoms with E-state index in [1.54, 1.807) is 11.8 Å². The van der Waals surface area contributed by atoms with Gasteiger partial charge in [-0.25, -0.2) is 0 Å². The molecular weight excluding hydrogens is 234 g/mol. The second-order valence-electron chi connectivity index (χ2n) is 3.84. The van der Waals surface area contributed by atoms with Gasteiger partial charge in [0.05, 0.1) is 10.8 Å². The second-order valence-corrected chi connectivity index (χ2v) is 5.02. The standard InChI is InChI=1S/C9H15N3OS.ClH/c1-6(14-2)7-11-8(12-13-7)9(10)4-3-5-9;/h6H,3-5,10H2,1-2H3;1H. The van der Waals surface area contributed by atoms with Gasteiger partial charge in [-0.15, -0.1) is 12.4 Å². The van der Waals surface area contributed by atoms with E-state index in [2.05, 4.69) is 10.1 Å². The Morgan fingerprint density at radius 2 is 2.20 bits per heavy atom. The molecule has 1 unspecified atom stereocenters. The summed E-state index contributed by atoms with van der Waals surface area (Å²) >= 11 is 1.69. The van der Waals surface area contributed by atoms with Gasteiger partial charge >= 0.3 is 0 Å². The Kier molecular flexibility index (Phi) is 4.03. The van der Waals surface area contributed by atoms with E-state index >= 15 is 0 Å². The molecule has 0 radical (unpaired) electrons. The molecule has 1 fully saturated rings.